The van der Waals surface area contributed by atoms with Gasteiger partial charge in [0.05, 0.1) is 22.0 Å². The molecule has 0 spiro atoms. The number of nitrogens with one attached hydrogen (secondary N) is 1. The van der Waals surface area contributed by atoms with Gasteiger partial charge >= 0.3 is 0 Å². The van der Waals surface area contributed by atoms with Crippen LogP contribution in [0.2, 0.25) is 5.02 Å². The predicted octanol–water partition coefficient (Wildman–Crippen LogP) is 4.01. The van der Waals surface area contributed by atoms with E-state index in [2.05, 4.69) is 21.9 Å². The van der Waals surface area contributed by atoms with E-state index in [1.807, 2.05) is 28.9 Å². The van der Waals surface area contributed by atoms with Gasteiger partial charge in [-0.15, -0.1) is 0 Å². The van der Waals surface area contributed by atoms with Crippen molar-refractivity contribution < 1.29 is 9.59 Å². The van der Waals surface area contributed by atoms with Crippen molar-refractivity contribution >= 4 is 40.3 Å². The smallest absolute Gasteiger partial charge is 0.253 e. The number of rotatable bonds is 6. The Morgan fingerprint density at radius 3 is 2.70 bits per heavy atom. The number of carbonyl (C=O) groups excluding carboxylic acids is 2. The second-order valence-electron chi connectivity index (χ2n) is 8.89. The van der Waals surface area contributed by atoms with E-state index in [4.69, 9.17) is 22.4 Å². The highest BCUT2D eigenvalue weighted by atomic mass is 35.5. The molecule has 1 aliphatic heterocycles. The third-order valence-electron chi connectivity index (χ3n) is 6.55. The quantitative estimate of drug-likeness (QED) is 0.374. The fourth-order valence-corrected chi connectivity index (χ4v) is 4.86. The van der Waals surface area contributed by atoms with Gasteiger partial charge in [-0.3, -0.25) is 9.59 Å². The Morgan fingerprint density at radius 1 is 1.16 bits per heavy atom. The summed E-state index contributed by atoms with van der Waals surface area (Å²) in [4.78, 5) is 35.1. The Hall–Kier alpha value is -4.24. The molecule has 0 aliphatic carbocycles. The normalized spacial score (nSPS) is 15.5. The molecule has 4 aromatic rings. The molecule has 1 fully saturated rings. The topological polar surface area (TPSA) is 119 Å². The highest BCUT2D eigenvalue weighted by Crippen LogP contribution is 2.34. The van der Waals surface area contributed by atoms with Crippen molar-refractivity contribution in [1.29, 1.82) is 0 Å². The molecule has 0 bridgehead atoms. The number of aromatic nitrogens is 4. The molecule has 9 nitrogen and oxygen atoms in total. The Labute approximate surface area is 219 Å². The number of benzene rings is 2. The first-order chi connectivity index (χ1) is 18.0. The molecule has 3 N–H and O–H groups in total. The molecular formula is C27H26ClN7O2. The van der Waals surface area contributed by atoms with Crippen molar-refractivity contribution in [1.82, 2.24) is 30.0 Å². The van der Waals surface area contributed by atoms with Crippen molar-refractivity contribution in [3.05, 3.63) is 83.7 Å². The van der Waals surface area contributed by atoms with Crippen LogP contribution >= 0.6 is 11.6 Å². The SMILES string of the molecule is C=CC(=O)N1CCC[C@@H](n2nc(-c3ccc(CNC(=O)c4ccccc4Cl)cc3)c3c(N)ncnc32)C1. The Morgan fingerprint density at radius 2 is 1.95 bits per heavy atom. The third kappa shape index (κ3) is 4.90. The maximum Gasteiger partial charge on any atom is 0.253 e. The summed E-state index contributed by atoms with van der Waals surface area (Å²) in [5.41, 5.74) is 9.78. The van der Waals surface area contributed by atoms with E-state index in [0.29, 0.717) is 52.8 Å². The molecule has 1 atom stereocenters. The monoisotopic (exact) mass is 515 g/mol. The number of anilines is 1. The lowest BCUT2D eigenvalue weighted by Gasteiger charge is -2.32. The summed E-state index contributed by atoms with van der Waals surface area (Å²) in [6, 6.07) is 14.6. The molecule has 1 saturated heterocycles. The van der Waals surface area contributed by atoms with Gasteiger partial charge in [0, 0.05) is 25.2 Å². The van der Waals surface area contributed by atoms with E-state index in [0.717, 1.165) is 24.0 Å². The second kappa shape index (κ2) is 10.4. The molecule has 10 heteroatoms. The lowest BCUT2D eigenvalue weighted by atomic mass is 10.1. The van der Waals surface area contributed by atoms with Crippen LogP contribution in [0.5, 0.6) is 0 Å². The van der Waals surface area contributed by atoms with Gasteiger partial charge in [0.15, 0.2) is 5.65 Å². The molecule has 3 heterocycles. The number of fused-ring (bicyclic) bond motifs is 1. The summed E-state index contributed by atoms with van der Waals surface area (Å²) < 4.78 is 1.86. The van der Waals surface area contributed by atoms with Gasteiger partial charge in [-0.1, -0.05) is 54.6 Å². The molecule has 37 heavy (non-hydrogen) atoms. The summed E-state index contributed by atoms with van der Waals surface area (Å²) in [6.45, 7) is 5.17. The molecular weight excluding hydrogens is 490 g/mol. The Kier molecular flexibility index (Phi) is 6.87. The number of nitrogens with zero attached hydrogens (tertiary/aromatic N) is 5. The zero-order valence-corrected chi connectivity index (χ0v) is 20.9. The summed E-state index contributed by atoms with van der Waals surface area (Å²) in [5.74, 6) is 0.0192. The van der Waals surface area contributed by atoms with Gasteiger partial charge in [-0.25, -0.2) is 14.6 Å². The maximum atomic E-state index is 12.5. The summed E-state index contributed by atoms with van der Waals surface area (Å²) in [7, 11) is 0. The van der Waals surface area contributed by atoms with Crippen molar-refractivity contribution in [2.75, 3.05) is 18.8 Å². The van der Waals surface area contributed by atoms with E-state index >= 15 is 0 Å². The predicted molar refractivity (Wildman–Crippen MR) is 143 cm³/mol. The van der Waals surface area contributed by atoms with Gasteiger partial charge in [-0.2, -0.15) is 5.10 Å². The zero-order valence-electron chi connectivity index (χ0n) is 20.1. The molecule has 0 saturated carbocycles. The number of carbonyl (C=O) groups is 2. The first-order valence-electron chi connectivity index (χ1n) is 12.0. The molecule has 0 unspecified atom stereocenters. The largest absolute Gasteiger partial charge is 0.383 e. The van der Waals surface area contributed by atoms with Crippen molar-refractivity contribution in [2.45, 2.75) is 25.4 Å². The van der Waals surface area contributed by atoms with Crippen LogP contribution in [0.3, 0.4) is 0 Å². The molecule has 1 aliphatic rings. The van der Waals surface area contributed by atoms with E-state index in [-0.39, 0.29) is 17.9 Å². The first kappa shape index (κ1) is 24.5. The van der Waals surface area contributed by atoms with Crippen molar-refractivity contribution in [2.24, 2.45) is 0 Å². The number of halogens is 1. The van der Waals surface area contributed by atoms with E-state index < -0.39 is 0 Å². The number of likely N-dealkylation sites (tertiary alicyclic amines) is 1. The highest BCUT2D eigenvalue weighted by molar-refractivity contribution is 6.33. The van der Waals surface area contributed by atoms with Crippen LogP contribution in [0.15, 0.2) is 67.5 Å². The minimum Gasteiger partial charge on any atom is -0.383 e. The van der Waals surface area contributed by atoms with Crippen LogP contribution in [0.25, 0.3) is 22.3 Å². The van der Waals surface area contributed by atoms with Gasteiger partial charge in [0.25, 0.3) is 5.91 Å². The fraction of sp³-hybridized carbons (Fsp3) is 0.222. The molecule has 188 valence electrons. The average Bonchev–Trinajstić information content (AvgIpc) is 3.33. The van der Waals surface area contributed by atoms with Crippen LogP contribution in [0.1, 0.15) is 34.8 Å². The van der Waals surface area contributed by atoms with Crippen molar-refractivity contribution in [3.8, 4) is 11.3 Å². The number of amides is 2. The molecule has 2 amide bonds. The second-order valence-corrected chi connectivity index (χ2v) is 9.30. The van der Waals surface area contributed by atoms with E-state index in [1.165, 1.54) is 12.4 Å². The van der Waals surface area contributed by atoms with Crippen LogP contribution in [0.4, 0.5) is 5.82 Å². The first-order valence-corrected chi connectivity index (χ1v) is 12.4. The van der Waals surface area contributed by atoms with Crippen LogP contribution in [-0.4, -0.2) is 49.6 Å². The van der Waals surface area contributed by atoms with Gasteiger partial charge in [0.1, 0.15) is 17.8 Å². The Bertz CT molecular complexity index is 1480. The summed E-state index contributed by atoms with van der Waals surface area (Å²) in [5, 5.41) is 8.88. The van der Waals surface area contributed by atoms with E-state index in [9.17, 15) is 9.59 Å². The van der Waals surface area contributed by atoms with Gasteiger partial charge in [0.2, 0.25) is 5.91 Å². The maximum absolute atomic E-state index is 12.5. The number of nitrogen functional groups attached to an aromatic ring is 1. The van der Waals surface area contributed by atoms with Gasteiger partial charge in [-0.05, 0) is 36.6 Å². The van der Waals surface area contributed by atoms with Crippen LogP contribution in [0, 0.1) is 0 Å². The molecule has 5 rings (SSSR count). The number of nitrogens with two attached hydrogens (primary N) is 1. The van der Waals surface area contributed by atoms with Gasteiger partial charge < -0.3 is 16.0 Å². The Balaban J connectivity index is 1.40. The molecule has 0 radical (unpaired) electrons. The standard InChI is InChI=1S/C27H26ClN7O2/c1-2-22(36)34-13-5-6-19(15-34)35-26-23(25(29)31-16-32-26)24(33-35)18-11-9-17(10-12-18)14-30-27(37)20-7-3-4-8-21(20)28/h2-4,7-12,16,19H,1,5-6,13-15H2,(H,30,37)(H2,29,31,32)/t19-/m1/s1. The number of piperidine rings is 1. The molecule has 2 aromatic carbocycles. The van der Waals surface area contributed by atoms with Crippen molar-refractivity contribution in [3.63, 3.8) is 0 Å². The highest BCUT2D eigenvalue weighted by Gasteiger charge is 2.28. The summed E-state index contributed by atoms with van der Waals surface area (Å²) in [6.07, 6.45) is 4.49. The minimum atomic E-state index is -0.235. The fourth-order valence-electron chi connectivity index (χ4n) is 4.64. The van der Waals surface area contributed by atoms with E-state index in [1.54, 1.807) is 29.2 Å². The van der Waals surface area contributed by atoms with Crippen LogP contribution < -0.4 is 11.1 Å². The lowest BCUT2D eigenvalue weighted by molar-refractivity contribution is -0.127. The molecule has 2 aromatic heterocycles. The van der Waals surface area contributed by atoms with Crippen LogP contribution in [-0.2, 0) is 11.3 Å². The zero-order chi connectivity index (χ0) is 25.9. The number of hydrogen-bond acceptors (Lipinski definition) is 6. The summed E-state index contributed by atoms with van der Waals surface area (Å²) >= 11 is 6.12. The third-order valence-corrected chi connectivity index (χ3v) is 6.88. The number of hydrogen-bond donors (Lipinski definition) is 2. The minimum absolute atomic E-state index is 0.0394. The lowest BCUT2D eigenvalue weighted by Crippen LogP contribution is -2.40. The average molecular weight is 516 g/mol.